The minimum absolute atomic E-state index is 0.140. The Hall–Kier alpha value is -1.31. The first kappa shape index (κ1) is 20.4. The number of sulfonamides is 1. The molecule has 1 aromatic rings. The fourth-order valence-corrected chi connectivity index (χ4v) is 4.96. The van der Waals surface area contributed by atoms with Crippen molar-refractivity contribution in [2.45, 2.75) is 44.1 Å². The molecular weight excluding hydrogens is 384 g/mol. The molecule has 0 spiro atoms. The van der Waals surface area contributed by atoms with E-state index in [0.29, 0.717) is 13.1 Å². The van der Waals surface area contributed by atoms with E-state index in [1.807, 2.05) is 12.1 Å². The van der Waals surface area contributed by atoms with Gasteiger partial charge in [0.25, 0.3) is 0 Å². The van der Waals surface area contributed by atoms with Gasteiger partial charge in [-0.05, 0) is 50.3 Å². The van der Waals surface area contributed by atoms with Crippen LogP contribution in [0.3, 0.4) is 0 Å². The van der Waals surface area contributed by atoms with Gasteiger partial charge in [-0.1, -0.05) is 23.7 Å². The van der Waals surface area contributed by atoms with Crippen LogP contribution in [-0.2, 0) is 15.4 Å². The molecule has 1 aromatic carbocycles. The normalized spacial score (nSPS) is 21.1. The van der Waals surface area contributed by atoms with Crippen molar-refractivity contribution >= 4 is 27.6 Å². The zero-order valence-electron chi connectivity index (χ0n) is 16.0. The van der Waals surface area contributed by atoms with Gasteiger partial charge in [0.2, 0.25) is 10.0 Å². The van der Waals surface area contributed by atoms with Crippen molar-refractivity contribution in [1.82, 2.24) is 14.9 Å². The largest absolute Gasteiger partial charge is 0.356 e. The summed E-state index contributed by atoms with van der Waals surface area (Å²) in [4.78, 5) is 4.34. The van der Waals surface area contributed by atoms with Gasteiger partial charge < -0.3 is 10.6 Å². The standard InChI is InChI=1S/C19H29ClN4O2S/c1-3-27(25,26)24-11-7-17(8-12-24)23-18(21-2)22-14-19(9-10-19)15-5-4-6-16(20)13-15/h4-6,13,17H,3,7-12,14H2,1-2H3,(H2,21,22,23). The summed E-state index contributed by atoms with van der Waals surface area (Å²) in [6.45, 7) is 3.64. The van der Waals surface area contributed by atoms with Crippen LogP contribution in [0, 0.1) is 0 Å². The van der Waals surface area contributed by atoms with Crippen LogP contribution in [-0.4, -0.2) is 57.2 Å². The minimum Gasteiger partial charge on any atom is -0.356 e. The Bertz CT molecular complexity index is 785. The monoisotopic (exact) mass is 412 g/mol. The highest BCUT2D eigenvalue weighted by atomic mass is 35.5. The third-order valence-electron chi connectivity index (χ3n) is 5.66. The molecule has 6 nitrogen and oxygen atoms in total. The molecule has 2 aliphatic rings. The van der Waals surface area contributed by atoms with Crippen LogP contribution in [0.15, 0.2) is 29.3 Å². The summed E-state index contributed by atoms with van der Waals surface area (Å²) in [7, 11) is -1.32. The third kappa shape index (κ3) is 4.95. The smallest absolute Gasteiger partial charge is 0.213 e. The molecule has 1 saturated heterocycles. The third-order valence-corrected chi connectivity index (χ3v) is 7.78. The highest BCUT2D eigenvalue weighted by Gasteiger charge is 2.44. The van der Waals surface area contributed by atoms with Gasteiger partial charge in [-0.3, -0.25) is 4.99 Å². The Morgan fingerprint density at radius 3 is 2.59 bits per heavy atom. The summed E-state index contributed by atoms with van der Waals surface area (Å²) in [6, 6.07) is 8.33. The van der Waals surface area contributed by atoms with E-state index in [-0.39, 0.29) is 17.2 Å². The van der Waals surface area contributed by atoms with Crippen molar-refractivity contribution in [2.75, 3.05) is 32.4 Å². The Balaban J connectivity index is 1.51. The van der Waals surface area contributed by atoms with E-state index >= 15 is 0 Å². The van der Waals surface area contributed by atoms with Gasteiger partial charge in [0.05, 0.1) is 5.75 Å². The first-order chi connectivity index (χ1) is 12.9. The average Bonchev–Trinajstić information content (AvgIpc) is 3.47. The van der Waals surface area contributed by atoms with E-state index in [4.69, 9.17) is 11.6 Å². The second kappa shape index (κ2) is 8.37. The fourth-order valence-electron chi connectivity index (χ4n) is 3.64. The van der Waals surface area contributed by atoms with Crippen LogP contribution < -0.4 is 10.6 Å². The number of piperidine rings is 1. The summed E-state index contributed by atoms with van der Waals surface area (Å²) in [6.07, 6.45) is 3.87. The Labute approximate surface area is 167 Å². The van der Waals surface area contributed by atoms with Crippen LogP contribution in [0.4, 0.5) is 0 Å². The van der Waals surface area contributed by atoms with Gasteiger partial charge in [-0.2, -0.15) is 0 Å². The van der Waals surface area contributed by atoms with E-state index in [9.17, 15) is 8.42 Å². The molecule has 2 N–H and O–H groups in total. The van der Waals surface area contributed by atoms with Crippen LogP contribution in [0.5, 0.6) is 0 Å². The molecule has 1 aliphatic carbocycles. The van der Waals surface area contributed by atoms with Gasteiger partial charge in [-0.15, -0.1) is 0 Å². The molecule has 0 bridgehead atoms. The molecule has 150 valence electrons. The molecule has 0 amide bonds. The highest BCUT2D eigenvalue weighted by Crippen LogP contribution is 2.48. The van der Waals surface area contributed by atoms with E-state index in [1.165, 1.54) is 5.56 Å². The van der Waals surface area contributed by atoms with Crippen LogP contribution in [0.1, 0.15) is 38.2 Å². The summed E-state index contributed by atoms with van der Waals surface area (Å²) in [5.41, 5.74) is 1.41. The first-order valence-corrected chi connectivity index (χ1v) is 11.6. The van der Waals surface area contributed by atoms with Crippen LogP contribution in [0.25, 0.3) is 0 Å². The topological polar surface area (TPSA) is 73.8 Å². The summed E-state index contributed by atoms with van der Waals surface area (Å²) < 4.78 is 25.6. The fraction of sp³-hybridized carbons (Fsp3) is 0.632. The molecular formula is C19H29ClN4O2S. The van der Waals surface area contributed by atoms with Crippen molar-refractivity contribution in [2.24, 2.45) is 4.99 Å². The highest BCUT2D eigenvalue weighted by molar-refractivity contribution is 7.89. The number of aliphatic imine (C=N–C) groups is 1. The minimum atomic E-state index is -3.09. The summed E-state index contributed by atoms with van der Waals surface area (Å²) in [5, 5.41) is 7.68. The van der Waals surface area contributed by atoms with Crippen molar-refractivity contribution < 1.29 is 8.42 Å². The Kier molecular flexibility index (Phi) is 6.33. The first-order valence-electron chi connectivity index (χ1n) is 9.59. The predicted octanol–water partition coefficient (Wildman–Crippen LogP) is 2.35. The predicted molar refractivity (Wildman–Crippen MR) is 111 cm³/mol. The van der Waals surface area contributed by atoms with E-state index in [1.54, 1.807) is 18.3 Å². The molecule has 27 heavy (non-hydrogen) atoms. The number of hydrogen-bond acceptors (Lipinski definition) is 3. The molecule has 1 aliphatic heterocycles. The summed E-state index contributed by atoms with van der Waals surface area (Å²) >= 11 is 6.15. The number of rotatable bonds is 6. The molecule has 1 heterocycles. The Morgan fingerprint density at radius 1 is 1.33 bits per heavy atom. The lowest BCUT2D eigenvalue weighted by molar-refractivity contribution is 0.306. The van der Waals surface area contributed by atoms with Gasteiger partial charge in [0.15, 0.2) is 5.96 Å². The molecule has 3 rings (SSSR count). The van der Waals surface area contributed by atoms with Crippen LogP contribution in [0.2, 0.25) is 5.02 Å². The molecule has 0 radical (unpaired) electrons. The lowest BCUT2D eigenvalue weighted by Gasteiger charge is -2.32. The maximum atomic E-state index is 12.0. The maximum absolute atomic E-state index is 12.0. The van der Waals surface area contributed by atoms with Crippen molar-refractivity contribution in [3.05, 3.63) is 34.9 Å². The van der Waals surface area contributed by atoms with Crippen molar-refractivity contribution in [3.63, 3.8) is 0 Å². The number of nitrogens with zero attached hydrogens (tertiary/aromatic N) is 2. The quantitative estimate of drug-likeness (QED) is 0.555. The SMILES string of the molecule is CCS(=O)(=O)N1CCC(NC(=NC)NCC2(c3cccc(Cl)c3)CC2)CC1. The van der Waals surface area contributed by atoms with Gasteiger partial charge in [0.1, 0.15) is 0 Å². The maximum Gasteiger partial charge on any atom is 0.213 e. The number of benzene rings is 1. The van der Waals surface area contributed by atoms with Crippen LogP contribution >= 0.6 is 11.6 Å². The Morgan fingerprint density at radius 2 is 2.04 bits per heavy atom. The second-order valence-corrected chi connectivity index (χ2v) is 10.1. The molecule has 1 saturated carbocycles. The average molecular weight is 413 g/mol. The molecule has 2 fully saturated rings. The van der Waals surface area contributed by atoms with E-state index in [2.05, 4.69) is 27.8 Å². The molecule has 8 heteroatoms. The van der Waals surface area contributed by atoms with E-state index in [0.717, 1.165) is 43.2 Å². The van der Waals surface area contributed by atoms with Gasteiger partial charge in [0, 0.05) is 43.2 Å². The lowest BCUT2D eigenvalue weighted by Crippen LogP contribution is -2.50. The number of nitrogens with one attached hydrogen (secondary N) is 2. The molecule has 0 unspecified atom stereocenters. The van der Waals surface area contributed by atoms with Crippen molar-refractivity contribution in [3.8, 4) is 0 Å². The number of hydrogen-bond donors (Lipinski definition) is 2. The summed E-state index contributed by atoms with van der Waals surface area (Å²) in [5.74, 6) is 0.944. The zero-order chi connectivity index (χ0) is 19.5. The molecule has 0 atom stereocenters. The zero-order valence-corrected chi connectivity index (χ0v) is 17.6. The van der Waals surface area contributed by atoms with Crippen molar-refractivity contribution in [1.29, 1.82) is 0 Å². The van der Waals surface area contributed by atoms with Gasteiger partial charge in [-0.25, -0.2) is 12.7 Å². The number of halogens is 1. The van der Waals surface area contributed by atoms with Gasteiger partial charge >= 0.3 is 0 Å². The molecule has 0 aromatic heterocycles. The van der Waals surface area contributed by atoms with E-state index < -0.39 is 10.0 Å². The number of guanidine groups is 1. The second-order valence-electron chi connectivity index (χ2n) is 7.43. The lowest BCUT2D eigenvalue weighted by atomic mass is 9.96.